The van der Waals surface area contributed by atoms with Crippen LogP contribution in [0.5, 0.6) is 0 Å². The molecule has 0 aromatic heterocycles. The van der Waals surface area contributed by atoms with E-state index < -0.39 is 23.8 Å². The molecule has 1 aliphatic carbocycles. The van der Waals surface area contributed by atoms with Crippen LogP contribution < -0.4 is 10.6 Å². The van der Waals surface area contributed by atoms with E-state index in [2.05, 4.69) is 10.6 Å². The molecule has 2 amide bonds. The van der Waals surface area contributed by atoms with Crippen LogP contribution in [0.25, 0.3) is 0 Å². The van der Waals surface area contributed by atoms with Crippen molar-refractivity contribution in [1.29, 1.82) is 0 Å². The van der Waals surface area contributed by atoms with Gasteiger partial charge in [0.15, 0.2) is 0 Å². The largest absolute Gasteiger partial charge is 0.480 e. The Morgan fingerprint density at radius 3 is 2.25 bits per heavy atom. The monoisotopic (exact) mass is 276 g/mol. The first-order chi connectivity index (χ1) is 9.54. The zero-order valence-corrected chi connectivity index (χ0v) is 10.9. The standard InChI is InChI=1S/C14H16N2O4/c17-11(15-9-12(18)19)8-16-13(20)14(6-7-14)10-4-2-1-3-5-10/h1-5H,6-9H2,(H,15,17)(H,16,20)(H,18,19). The van der Waals surface area contributed by atoms with E-state index in [1.54, 1.807) is 0 Å². The van der Waals surface area contributed by atoms with Crippen LogP contribution in [-0.2, 0) is 19.8 Å². The highest BCUT2D eigenvalue weighted by molar-refractivity contribution is 5.94. The maximum absolute atomic E-state index is 12.2. The molecule has 1 saturated carbocycles. The topological polar surface area (TPSA) is 95.5 Å². The molecule has 1 aromatic rings. The van der Waals surface area contributed by atoms with E-state index in [1.807, 2.05) is 30.3 Å². The number of nitrogens with one attached hydrogen (secondary N) is 2. The van der Waals surface area contributed by atoms with E-state index in [-0.39, 0.29) is 12.5 Å². The Hall–Kier alpha value is -2.37. The summed E-state index contributed by atoms with van der Waals surface area (Å²) in [4.78, 5) is 33.8. The number of rotatable bonds is 6. The Balaban J connectivity index is 1.87. The number of hydrogen-bond acceptors (Lipinski definition) is 3. The summed E-state index contributed by atoms with van der Waals surface area (Å²) in [6, 6.07) is 9.44. The van der Waals surface area contributed by atoms with Gasteiger partial charge in [0, 0.05) is 0 Å². The molecule has 0 unspecified atom stereocenters. The average molecular weight is 276 g/mol. The van der Waals surface area contributed by atoms with Crippen LogP contribution in [0, 0.1) is 0 Å². The van der Waals surface area contributed by atoms with Gasteiger partial charge in [-0.05, 0) is 18.4 Å². The second-order valence-corrected chi connectivity index (χ2v) is 4.80. The third-order valence-electron chi connectivity index (χ3n) is 3.36. The van der Waals surface area contributed by atoms with E-state index in [0.29, 0.717) is 0 Å². The zero-order chi connectivity index (χ0) is 14.6. The van der Waals surface area contributed by atoms with Crippen molar-refractivity contribution in [3.63, 3.8) is 0 Å². The van der Waals surface area contributed by atoms with Gasteiger partial charge in [0.05, 0.1) is 12.0 Å². The molecule has 0 aliphatic heterocycles. The summed E-state index contributed by atoms with van der Waals surface area (Å²) in [6.45, 7) is -0.654. The van der Waals surface area contributed by atoms with Crippen LogP contribution in [0.2, 0.25) is 0 Å². The van der Waals surface area contributed by atoms with Crippen molar-refractivity contribution in [2.24, 2.45) is 0 Å². The van der Waals surface area contributed by atoms with Gasteiger partial charge in [-0.15, -0.1) is 0 Å². The number of carbonyl (C=O) groups is 3. The van der Waals surface area contributed by atoms with Crippen molar-refractivity contribution in [1.82, 2.24) is 10.6 Å². The molecule has 1 aliphatic rings. The second kappa shape index (κ2) is 5.73. The molecule has 1 aromatic carbocycles. The number of benzene rings is 1. The molecule has 0 atom stereocenters. The number of hydrogen-bond donors (Lipinski definition) is 3. The first kappa shape index (κ1) is 14.0. The van der Waals surface area contributed by atoms with Crippen LogP contribution in [0.3, 0.4) is 0 Å². The normalized spacial score (nSPS) is 15.2. The van der Waals surface area contributed by atoms with Crippen LogP contribution in [0.1, 0.15) is 18.4 Å². The van der Waals surface area contributed by atoms with Gasteiger partial charge in [-0.1, -0.05) is 30.3 Å². The number of carboxylic acids is 1. The minimum Gasteiger partial charge on any atom is -0.480 e. The van der Waals surface area contributed by atoms with Crippen LogP contribution >= 0.6 is 0 Å². The van der Waals surface area contributed by atoms with Crippen LogP contribution in [0.15, 0.2) is 30.3 Å². The van der Waals surface area contributed by atoms with E-state index >= 15 is 0 Å². The lowest BCUT2D eigenvalue weighted by Gasteiger charge is -2.15. The highest BCUT2D eigenvalue weighted by atomic mass is 16.4. The average Bonchev–Trinajstić information content (AvgIpc) is 3.25. The Morgan fingerprint density at radius 1 is 1.05 bits per heavy atom. The van der Waals surface area contributed by atoms with Gasteiger partial charge in [-0.3, -0.25) is 14.4 Å². The van der Waals surface area contributed by atoms with Gasteiger partial charge in [0.1, 0.15) is 6.54 Å². The maximum Gasteiger partial charge on any atom is 0.322 e. The quantitative estimate of drug-likeness (QED) is 0.683. The summed E-state index contributed by atoms with van der Waals surface area (Å²) in [7, 11) is 0. The first-order valence-corrected chi connectivity index (χ1v) is 6.37. The van der Waals surface area contributed by atoms with Gasteiger partial charge >= 0.3 is 5.97 Å². The fraction of sp³-hybridized carbons (Fsp3) is 0.357. The Bertz CT molecular complexity index is 523. The van der Waals surface area contributed by atoms with Crippen molar-refractivity contribution in [2.45, 2.75) is 18.3 Å². The van der Waals surface area contributed by atoms with Gasteiger partial charge < -0.3 is 15.7 Å². The molecule has 1 fully saturated rings. The molecule has 0 spiro atoms. The fourth-order valence-electron chi connectivity index (χ4n) is 2.10. The fourth-order valence-corrected chi connectivity index (χ4v) is 2.10. The van der Waals surface area contributed by atoms with Gasteiger partial charge in [0.2, 0.25) is 11.8 Å². The lowest BCUT2D eigenvalue weighted by atomic mass is 9.95. The second-order valence-electron chi connectivity index (χ2n) is 4.80. The highest BCUT2D eigenvalue weighted by Crippen LogP contribution is 2.48. The third-order valence-corrected chi connectivity index (χ3v) is 3.36. The summed E-state index contributed by atoms with van der Waals surface area (Å²) in [5.74, 6) is -1.81. The lowest BCUT2D eigenvalue weighted by Crippen LogP contribution is -2.42. The molecular weight excluding hydrogens is 260 g/mol. The number of amides is 2. The van der Waals surface area contributed by atoms with Crippen LogP contribution in [-0.4, -0.2) is 36.0 Å². The Kier molecular flexibility index (Phi) is 4.02. The van der Waals surface area contributed by atoms with Gasteiger partial charge in [-0.25, -0.2) is 0 Å². The highest BCUT2D eigenvalue weighted by Gasteiger charge is 2.51. The summed E-state index contributed by atoms with van der Waals surface area (Å²) in [5.41, 5.74) is 0.428. The van der Waals surface area contributed by atoms with Gasteiger partial charge in [-0.2, -0.15) is 0 Å². The Labute approximate surface area is 116 Å². The van der Waals surface area contributed by atoms with Crippen LogP contribution in [0.4, 0.5) is 0 Å². The molecule has 3 N–H and O–H groups in total. The zero-order valence-electron chi connectivity index (χ0n) is 10.9. The van der Waals surface area contributed by atoms with Crippen molar-refractivity contribution < 1.29 is 19.5 Å². The first-order valence-electron chi connectivity index (χ1n) is 6.37. The molecule has 0 radical (unpaired) electrons. The number of aliphatic carboxylic acids is 1. The molecule has 0 bridgehead atoms. The van der Waals surface area contributed by atoms with E-state index in [4.69, 9.17) is 5.11 Å². The van der Waals surface area contributed by atoms with Gasteiger partial charge in [0.25, 0.3) is 0 Å². The molecule has 2 rings (SSSR count). The van der Waals surface area contributed by atoms with Crippen molar-refractivity contribution in [3.05, 3.63) is 35.9 Å². The summed E-state index contributed by atoms with van der Waals surface area (Å²) >= 11 is 0. The van der Waals surface area contributed by atoms with E-state index in [9.17, 15) is 14.4 Å². The molecule has 6 heteroatoms. The predicted octanol–water partition coefficient (Wildman–Crippen LogP) is 0.0352. The maximum atomic E-state index is 12.2. The summed E-state index contributed by atoms with van der Waals surface area (Å²) < 4.78 is 0. The minimum atomic E-state index is -1.12. The summed E-state index contributed by atoms with van der Waals surface area (Å²) in [6.07, 6.45) is 1.53. The SMILES string of the molecule is O=C(O)CNC(=O)CNC(=O)C1(c2ccccc2)CC1. The molecule has 0 saturated heterocycles. The Morgan fingerprint density at radius 2 is 1.70 bits per heavy atom. The predicted molar refractivity (Wildman–Crippen MR) is 71.0 cm³/mol. The number of carbonyl (C=O) groups excluding carboxylic acids is 2. The van der Waals surface area contributed by atoms with E-state index in [1.165, 1.54) is 0 Å². The van der Waals surface area contributed by atoms with Crippen molar-refractivity contribution in [3.8, 4) is 0 Å². The van der Waals surface area contributed by atoms with E-state index in [0.717, 1.165) is 18.4 Å². The molecule has 0 heterocycles. The van der Waals surface area contributed by atoms with Crippen molar-refractivity contribution >= 4 is 17.8 Å². The molecular formula is C14H16N2O4. The third kappa shape index (κ3) is 3.14. The molecule has 6 nitrogen and oxygen atoms in total. The lowest BCUT2D eigenvalue weighted by molar-refractivity contribution is -0.137. The smallest absolute Gasteiger partial charge is 0.322 e. The van der Waals surface area contributed by atoms with Crippen molar-refractivity contribution in [2.75, 3.05) is 13.1 Å². The molecule has 106 valence electrons. The minimum absolute atomic E-state index is 0.186. The summed E-state index contributed by atoms with van der Waals surface area (Å²) in [5, 5.41) is 13.2. The molecule has 20 heavy (non-hydrogen) atoms. The number of carboxylic acid groups (broad SMARTS) is 1.